The molecule has 0 aliphatic carbocycles. The minimum Gasteiger partial charge on any atom is -0.388 e. The molecule has 5 heteroatoms. The molecule has 1 fully saturated rings. The fourth-order valence-electron chi connectivity index (χ4n) is 2.28. The van der Waals surface area contributed by atoms with E-state index in [2.05, 4.69) is 9.88 Å². The summed E-state index contributed by atoms with van der Waals surface area (Å²) in [5, 5.41) is 10.9. The van der Waals surface area contributed by atoms with E-state index in [1.165, 1.54) is 0 Å². The molecule has 0 radical (unpaired) electrons. The van der Waals surface area contributed by atoms with E-state index < -0.39 is 5.60 Å². The topological polar surface area (TPSA) is 45.6 Å². The molecule has 0 atom stereocenters. The van der Waals surface area contributed by atoms with Gasteiger partial charge in [0.05, 0.1) is 11.3 Å². The van der Waals surface area contributed by atoms with Crippen LogP contribution in [0, 0.1) is 0 Å². The Morgan fingerprint density at radius 3 is 2.83 bits per heavy atom. The Bertz CT molecular complexity index is 394. The number of aromatic nitrogens is 1. The SMILES string of the molecule is CN(Cc1cccc(Cl)n1)CC1(O)CCOCC1. The minimum absolute atomic E-state index is 0.505. The first-order valence-electron chi connectivity index (χ1n) is 6.18. The third kappa shape index (κ3) is 3.92. The second-order valence-corrected chi connectivity index (χ2v) is 5.35. The second-order valence-electron chi connectivity index (χ2n) is 4.96. The molecule has 18 heavy (non-hydrogen) atoms. The summed E-state index contributed by atoms with van der Waals surface area (Å²) < 4.78 is 5.27. The van der Waals surface area contributed by atoms with E-state index in [1.54, 1.807) is 6.07 Å². The molecule has 1 N–H and O–H groups in total. The van der Waals surface area contributed by atoms with Crippen molar-refractivity contribution in [2.75, 3.05) is 26.8 Å². The average molecular weight is 271 g/mol. The first kappa shape index (κ1) is 13.7. The van der Waals surface area contributed by atoms with Crippen LogP contribution in [0.4, 0.5) is 0 Å². The molecule has 0 bridgehead atoms. The van der Waals surface area contributed by atoms with Crippen molar-refractivity contribution in [3.63, 3.8) is 0 Å². The molecular formula is C13H19ClN2O2. The van der Waals surface area contributed by atoms with Crippen molar-refractivity contribution in [3.05, 3.63) is 29.0 Å². The standard InChI is InChI=1S/C13H19ClN2O2/c1-16(9-11-3-2-4-12(14)15-11)10-13(17)5-7-18-8-6-13/h2-4,17H,5-10H2,1H3. The van der Waals surface area contributed by atoms with E-state index in [9.17, 15) is 5.11 Å². The summed E-state index contributed by atoms with van der Waals surface area (Å²) in [5.41, 5.74) is 0.284. The lowest BCUT2D eigenvalue weighted by molar-refractivity contribution is -0.0778. The van der Waals surface area contributed by atoms with Crippen LogP contribution in [0.15, 0.2) is 18.2 Å². The van der Waals surface area contributed by atoms with Gasteiger partial charge in [-0.2, -0.15) is 0 Å². The molecule has 0 amide bonds. The van der Waals surface area contributed by atoms with E-state index >= 15 is 0 Å². The second kappa shape index (κ2) is 5.97. The predicted octanol–water partition coefficient (Wildman–Crippen LogP) is 1.71. The molecular weight excluding hydrogens is 252 g/mol. The molecule has 0 spiro atoms. The van der Waals surface area contributed by atoms with Crippen molar-refractivity contribution < 1.29 is 9.84 Å². The Hall–Kier alpha value is -0.680. The quantitative estimate of drug-likeness (QED) is 0.846. The monoisotopic (exact) mass is 270 g/mol. The van der Waals surface area contributed by atoms with Gasteiger partial charge in [-0.15, -0.1) is 0 Å². The van der Waals surface area contributed by atoms with E-state index in [4.69, 9.17) is 16.3 Å². The van der Waals surface area contributed by atoms with Crippen LogP contribution in [0.25, 0.3) is 0 Å². The number of pyridine rings is 1. The van der Waals surface area contributed by atoms with E-state index in [-0.39, 0.29) is 0 Å². The highest BCUT2D eigenvalue weighted by Crippen LogP contribution is 2.21. The summed E-state index contributed by atoms with van der Waals surface area (Å²) in [6.07, 6.45) is 1.39. The van der Waals surface area contributed by atoms with Gasteiger partial charge in [0.15, 0.2) is 0 Å². The summed E-state index contributed by atoms with van der Waals surface area (Å²) >= 11 is 5.85. The lowest BCUT2D eigenvalue weighted by Crippen LogP contribution is -2.45. The molecule has 4 nitrogen and oxygen atoms in total. The van der Waals surface area contributed by atoms with Gasteiger partial charge >= 0.3 is 0 Å². The molecule has 0 aromatic carbocycles. The average Bonchev–Trinajstić information content (AvgIpc) is 2.28. The molecule has 1 aliphatic heterocycles. The zero-order valence-electron chi connectivity index (χ0n) is 10.6. The smallest absolute Gasteiger partial charge is 0.129 e. The van der Waals surface area contributed by atoms with Gasteiger partial charge in [-0.3, -0.25) is 4.90 Å². The van der Waals surface area contributed by atoms with E-state index in [0.717, 1.165) is 5.69 Å². The maximum absolute atomic E-state index is 10.4. The number of halogens is 1. The van der Waals surface area contributed by atoms with Gasteiger partial charge in [0.1, 0.15) is 5.15 Å². The van der Waals surface area contributed by atoms with Gasteiger partial charge in [0.25, 0.3) is 0 Å². The lowest BCUT2D eigenvalue weighted by Gasteiger charge is -2.35. The molecule has 100 valence electrons. The van der Waals surface area contributed by atoms with Crippen molar-refractivity contribution in [3.8, 4) is 0 Å². The molecule has 1 aromatic heterocycles. The van der Waals surface area contributed by atoms with Crippen molar-refractivity contribution in [2.45, 2.75) is 25.0 Å². The highest BCUT2D eigenvalue weighted by Gasteiger charge is 2.30. The van der Waals surface area contributed by atoms with Gasteiger partial charge in [-0.05, 0) is 19.2 Å². The number of hydrogen-bond donors (Lipinski definition) is 1. The Balaban J connectivity index is 1.90. The van der Waals surface area contributed by atoms with Crippen LogP contribution in [-0.2, 0) is 11.3 Å². The summed E-state index contributed by atoms with van der Waals surface area (Å²) in [4.78, 5) is 6.32. The Kier molecular flexibility index (Phi) is 4.56. The van der Waals surface area contributed by atoms with Gasteiger partial charge < -0.3 is 9.84 Å². The molecule has 1 aliphatic rings. The van der Waals surface area contributed by atoms with Crippen LogP contribution in [0.3, 0.4) is 0 Å². The van der Waals surface area contributed by atoms with Gasteiger partial charge in [0, 0.05) is 39.1 Å². The maximum atomic E-state index is 10.4. The van der Waals surface area contributed by atoms with Crippen LogP contribution in [-0.4, -0.2) is 47.4 Å². The Morgan fingerprint density at radius 2 is 2.17 bits per heavy atom. The lowest BCUT2D eigenvalue weighted by atomic mass is 9.94. The van der Waals surface area contributed by atoms with Crippen molar-refractivity contribution in [1.29, 1.82) is 0 Å². The van der Waals surface area contributed by atoms with Crippen LogP contribution in [0.5, 0.6) is 0 Å². The van der Waals surface area contributed by atoms with E-state index in [1.807, 2.05) is 19.2 Å². The predicted molar refractivity (Wildman–Crippen MR) is 70.6 cm³/mol. The van der Waals surface area contributed by atoms with Crippen molar-refractivity contribution >= 4 is 11.6 Å². The fourth-order valence-corrected chi connectivity index (χ4v) is 2.46. The minimum atomic E-state index is -0.633. The van der Waals surface area contributed by atoms with E-state index in [0.29, 0.717) is 44.3 Å². The molecule has 1 saturated heterocycles. The number of likely N-dealkylation sites (N-methyl/N-ethyl adjacent to an activating group) is 1. The summed E-state index contributed by atoms with van der Waals surface area (Å²) in [6.45, 7) is 2.59. The number of hydrogen-bond acceptors (Lipinski definition) is 4. The van der Waals surface area contributed by atoms with Crippen LogP contribution in [0.1, 0.15) is 18.5 Å². The van der Waals surface area contributed by atoms with Gasteiger partial charge in [-0.1, -0.05) is 17.7 Å². The Labute approximate surface area is 113 Å². The van der Waals surface area contributed by atoms with Gasteiger partial charge in [0.2, 0.25) is 0 Å². The Morgan fingerprint density at radius 1 is 1.44 bits per heavy atom. The summed E-state index contributed by atoms with van der Waals surface area (Å²) in [5.74, 6) is 0. The molecule has 2 rings (SSSR count). The largest absolute Gasteiger partial charge is 0.388 e. The van der Waals surface area contributed by atoms with Crippen molar-refractivity contribution in [1.82, 2.24) is 9.88 Å². The van der Waals surface area contributed by atoms with Crippen LogP contribution in [0.2, 0.25) is 5.15 Å². The highest BCUT2D eigenvalue weighted by atomic mass is 35.5. The van der Waals surface area contributed by atoms with Crippen LogP contribution >= 0.6 is 11.6 Å². The number of rotatable bonds is 4. The fraction of sp³-hybridized carbons (Fsp3) is 0.615. The normalized spacial score (nSPS) is 19.1. The molecule has 1 aromatic rings. The maximum Gasteiger partial charge on any atom is 0.129 e. The number of ether oxygens (including phenoxy) is 1. The molecule has 0 unspecified atom stereocenters. The first-order valence-corrected chi connectivity index (χ1v) is 6.55. The third-order valence-corrected chi connectivity index (χ3v) is 3.40. The van der Waals surface area contributed by atoms with Crippen LogP contribution < -0.4 is 0 Å². The number of nitrogens with zero attached hydrogens (tertiary/aromatic N) is 2. The third-order valence-electron chi connectivity index (χ3n) is 3.19. The first-order chi connectivity index (χ1) is 8.57. The summed E-state index contributed by atoms with van der Waals surface area (Å²) in [6, 6.07) is 5.59. The number of aliphatic hydroxyl groups is 1. The van der Waals surface area contributed by atoms with Crippen molar-refractivity contribution in [2.24, 2.45) is 0 Å². The molecule has 0 saturated carbocycles. The summed E-state index contributed by atoms with van der Waals surface area (Å²) in [7, 11) is 1.98. The highest BCUT2D eigenvalue weighted by molar-refractivity contribution is 6.29. The van der Waals surface area contributed by atoms with Gasteiger partial charge in [-0.25, -0.2) is 4.98 Å². The molecule has 2 heterocycles. The zero-order valence-corrected chi connectivity index (χ0v) is 11.4. The zero-order chi connectivity index (χ0) is 13.0.